The minimum Gasteiger partial charge on any atom is -0.435 e. The molecule has 8 heteroatoms. The van der Waals surface area contributed by atoms with Gasteiger partial charge in [-0.1, -0.05) is 19.0 Å². The summed E-state index contributed by atoms with van der Waals surface area (Å²) in [6.45, 7) is 5.88. The molecule has 4 rings (SSSR count). The molecule has 0 aliphatic heterocycles. The minimum atomic E-state index is 0.198. The first kappa shape index (κ1) is 13.2. The number of nitrogens with one attached hydrogen (secondary N) is 1. The predicted molar refractivity (Wildman–Crippen MR) is 76.0 cm³/mol. The van der Waals surface area contributed by atoms with Gasteiger partial charge in [0, 0.05) is 11.8 Å². The Morgan fingerprint density at radius 1 is 1.14 bits per heavy atom. The monoisotopic (exact) mass is 300 g/mol. The lowest BCUT2D eigenvalue weighted by Gasteiger charge is -1.94. The Hall–Kier alpha value is -2.51. The first-order valence-electron chi connectivity index (χ1n) is 7.36. The number of rotatable bonds is 4. The number of aryl methyl sites for hydroxylation is 1. The Labute approximate surface area is 126 Å². The highest BCUT2D eigenvalue weighted by molar-refractivity contribution is 5.52. The minimum absolute atomic E-state index is 0.198. The lowest BCUT2D eigenvalue weighted by Crippen LogP contribution is -1.85. The van der Waals surface area contributed by atoms with Gasteiger partial charge in [0.2, 0.25) is 17.4 Å². The molecule has 0 radical (unpaired) electrons. The van der Waals surface area contributed by atoms with E-state index in [4.69, 9.17) is 8.94 Å². The van der Waals surface area contributed by atoms with E-state index >= 15 is 0 Å². The second kappa shape index (κ2) is 4.75. The number of hydrogen-bond donors (Lipinski definition) is 1. The summed E-state index contributed by atoms with van der Waals surface area (Å²) in [4.78, 5) is 13.1. The summed E-state index contributed by atoms with van der Waals surface area (Å²) in [7, 11) is 0. The smallest absolute Gasteiger partial charge is 0.296 e. The zero-order chi connectivity index (χ0) is 15.3. The van der Waals surface area contributed by atoms with E-state index in [2.05, 4.69) is 30.3 Å². The molecule has 1 aliphatic rings. The quantitative estimate of drug-likeness (QED) is 0.789. The van der Waals surface area contributed by atoms with Gasteiger partial charge in [-0.25, -0.2) is 9.97 Å². The van der Waals surface area contributed by atoms with Crippen molar-refractivity contribution in [1.82, 2.24) is 30.3 Å². The van der Waals surface area contributed by atoms with Gasteiger partial charge in [-0.15, -0.1) is 5.10 Å². The molecule has 3 aromatic rings. The average molecular weight is 300 g/mol. The maximum absolute atomic E-state index is 5.71. The van der Waals surface area contributed by atoms with Crippen LogP contribution >= 0.6 is 0 Å². The summed E-state index contributed by atoms with van der Waals surface area (Å²) in [6, 6.07) is 0. The van der Waals surface area contributed by atoms with E-state index in [0.717, 1.165) is 24.4 Å². The molecule has 1 fully saturated rings. The molecule has 0 atom stereocenters. The molecule has 0 saturated heterocycles. The summed E-state index contributed by atoms with van der Waals surface area (Å²) in [5, 5.41) is 11.0. The molecule has 0 amide bonds. The summed E-state index contributed by atoms with van der Waals surface area (Å²) in [6.07, 6.45) is 2.31. The third-order valence-electron chi connectivity index (χ3n) is 3.59. The summed E-state index contributed by atoms with van der Waals surface area (Å²) in [5.74, 6) is 3.82. The molecule has 0 unspecified atom stereocenters. The second-order valence-electron chi connectivity index (χ2n) is 5.86. The molecule has 3 heterocycles. The first-order valence-corrected chi connectivity index (χ1v) is 7.36. The first-order chi connectivity index (χ1) is 10.6. The van der Waals surface area contributed by atoms with Crippen molar-refractivity contribution in [3.63, 3.8) is 0 Å². The predicted octanol–water partition coefficient (Wildman–Crippen LogP) is 2.82. The molecule has 1 aliphatic carbocycles. The van der Waals surface area contributed by atoms with Gasteiger partial charge in [-0.2, -0.15) is 4.98 Å². The number of H-pyrrole nitrogens is 1. The highest BCUT2D eigenvalue weighted by atomic mass is 16.5. The Bertz CT molecular complexity index is 811. The van der Waals surface area contributed by atoms with Crippen molar-refractivity contribution in [2.24, 2.45) is 0 Å². The summed E-state index contributed by atoms with van der Waals surface area (Å²) >= 11 is 0. The van der Waals surface area contributed by atoms with Gasteiger partial charge >= 0.3 is 0 Å². The van der Waals surface area contributed by atoms with Crippen LogP contribution in [0, 0.1) is 6.92 Å². The van der Waals surface area contributed by atoms with Crippen LogP contribution < -0.4 is 0 Å². The Morgan fingerprint density at radius 2 is 1.95 bits per heavy atom. The molecular weight excluding hydrogens is 284 g/mol. The topological polar surface area (TPSA) is 107 Å². The van der Waals surface area contributed by atoms with Crippen LogP contribution in [0.1, 0.15) is 55.9 Å². The van der Waals surface area contributed by atoms with Gasteiger partial charge in [-0.3, -0.25) is 5.10 Å². The van der Waals surface area contributed by atoms with Crippen LogP contribution in [-0.2, 0) is 0 Å². The van der Waals surface area contributed by atoms with E-state index in [9.17, 15) is 0 Å². The molecule has 0 spiro atoms. The van der Waals surface area contributed by atoms with Crippen LogP contribution in [0.3, 0.4) is 0 Å². The molecule has 22 heavy (non-hydrogen) atoms. The lowest BCUT2D eigenvalue weighted by molar-refractivity contribution is 0.406. The maximum atomic E-state index is 5.71. The molecule has 1 saturated carbocycles. The third kappa shape index (κ3) is 2.20. The van der Waals surface area contributed by atoms with Crippen LogP contribution in [0.4, 0.5) is 0 Å². The molecule has 3 aromatic heterocycles. The fourth-order valence-corrected chi connectivity index (χ4v) is 2.18. The Morgan fingerprint density at radius 3 is 2.64 bits per heavy atom. The number of hydrogen-bond acceptors (Lipinski definition) is 7. The van der Waals surface area contributed by atoms with Crippen molar-refractivity contribution in [3.05, 3.63) is 17.4 Å². The third-order valence-corrected chi connectivity index (χ3v) is 3.59. The Kier molecular flexibility index (Phi) is 2.85. The van der Waals surface area contributed by atoms with Gasteiger partial charge in [0.1, 0.15) is 5.82 Å². The van der Waals surface area contributed by atoms with Crippen molar-refractivity contribution in [2.75, 3.05) is 0 Å². The van der Waals surface area contributed by atoms with Crippen molar-refractivity contribution in [2.45, 2.75) is 45.4 Å². The van der Waals surface area contributed by atoms with E-state index in [1.54, 1.807) is 0 Å². The van der Waals surface area contributed by atoms with Crippen LogP contribution in [0.2, 0.25) is 0 Å². The van der Waals surface area contributed by atoms with Crippen molar-refractivity contribution < 1.29 is 8.94 Å². The number of oxazole rings is 1. The van der Waals surface area contributed by atoms with E-state index in [1.807, 2.05) is 20.8 Å². The zero-order valence-electron chi connectivity index (χ0n) is 12.6. The van der Waals surface area contributed by atoms with E-state index < -0.39 is 0 Å². The molecular formula is C14H16N6O2. The van der Waals surface area contributed by atoms with E-state index in [-0.39, 0.29) is 5.92 Å². The molecule has 0 aromatic carbocycles. The summed E-state index contributed by atoms with van der Waals surface area (Å²) < 4.78 is 11.0. The highest BCUT2D eigenvalue weighted by Crippen LogP contribution is 2.38. The largest absolute Gasteiger partial charge is 0.435 e. The van der Waals surface area contributed by atoms with Crippen molar-refractivity contribution in [1.29, 1.82) is 0 Å². The average Bonchev–Trinajstić information content (AvgIpc) is 2.93. The summed E-state index contributed by atoms with van der Waals surface area (Å²) in [5.41, 5.74) is 0.729. The lowest BCUT2D eigenvalue weighted by atomic mass is 10.2. The standard InChI is InChI=1S/C14H16N6O2/c1-6(2)13-15-7(3)9(21-13)14-17-12(20-22-14)11-16-10(18-19-11)8-4-5-8/h6,8H,4-5H2,1-3H3,(H,16,18,19). The van der Waals surface area contributed by atoms with Gasteiger partial charge in [0.15, 0.2) is 5.89 Å². The van der Waals surface area contributed by atoms with Crippen LogP contribution in [-0.4, -0.2) is 30.3 Å². The molecule has 0 bridgehead atoms. The maximum Gasteiger partial charge on any atom is 0.296 e. The van der Waals surface area contributed by atoms with Crippen LogP contribution in [0.15, 0.2) is 8.94 Å². The SMILES string of the molecule is Cc1nc(C(C)C)oc1-c1nc(-c2n[nH]c(C3CC3)n2)no1. The molecule has 8 nitrogen and oxygen atoms in total. The van der Waals surface area contributed by atoms with Gasteiger partial charge in [0.25, 0.3) is 5.89 Å². The van der Waals surface area contributed by atoms with Gasteiger partial charge < -0.3 is 8.94 Å². The van der Waals surface area contributed by atoms with E-state index in [0.29, 0.717) is 35.1 Å². The number of nitrogens with zero attached hydrogens (tertiary/aromatic N) is 5. The van der Waals surface area contributed by atoms with Crippen molar-refractivity contribution >= 4 is 0 Å². The van der Waals surface area contributed by atoms with E-state index in [1.165, 1.54) is 0 Å². The van der Waals surface area contributed by atoms with Gasteiger partial charge in [-0.05, 0) is 19.8 Å². The Balaban J connectivity index is 1.65. The number of aromatic nitrogens is 6. The molecule has 114 valence electrons. The fourth-order valence-electron chi connectivity index (χ4n) is 2.18. The van der Waals surface area contributed by atoms with Crippen LogP contribution in [0.25, 0.3) is 23.3 Å². The molecule has 1 N–H and O–H groups in total. The van der Waals surface area contributed by atoms with Gasteiger partial charge in [0.05, 0.1) is 5.69 Å². The number of aromatic amines is 1. The van der Waals surface area contributed by atoms with Crippen LogP contribution in [0.5, 0.6) is 0 Å². The highest BCUT2D eigenvalue weighted by Gasteiger charge is 2.28. The fraction of sp³-hybridized carbons (Fsp3) is 0.500. The zero-order valence-corrected chi connectivity index (χ0v) is 12.6. The van der Waals surface area contributed by atoms with Crippen molar-refractivity contribution in [3.8, 4) is 23.3 Å². The second-order valence-corrected chi connectivity index (χ2v) is 5.86. The normalized spacial score (nSPS) is 14.9.